The van der Waals surface area contributed by atoms with E-state index in [4.69, 9.17) is 20.9 Å². The molecule has 0 aromatic heterocycles. The summed E-state index contributed by atoms with van der Waals surface area (Å²) in [6.45, 7) is 0.592. The van der Waals surface area contributed by atoms with Crippen molar-refractivity contribution in [3.63, 3.8) is 0 Å². The fraction of sp³-hybridized carbons (Fsp3) is 0.875. The maximum atomic E-state index is 11.0. The highest BCUT2D eigenvalue weighted by molar-refractivity contribution is 6.40. The lowest BCUT2D eigenvalue weighted by molar-refractivity contribution is -0.143. The minimum atomic E-state index is -1.33. The SMILES string of the molecule is N[C@]1(C(=O)O)CCN[C@@H]1CCCB(O)O. The molecule has 0 radical (unpaired) electrons. The molecular formula is C8H17BN2O4. The second-order valence-corrected chi connectivity index (χ2v) is 4.01. The van der Waals surface area contributed by atoms with Crippen LogP contribution in [0.4, 0.5) is 0 Å². The molecule has 0 bridgehead atoms. The van der Waals surface area contributed by atoms with E-state index in [2.05, 4.69) is 5.32 Å². The Morgan fingerprint density at radius 3 is 2.80 bits per heavy atom. The number of nitrogens with one attached hydrogen (secondary N) is 1. The second kappa shape index (κ2) is 4.93. The van der Waals surface area contributed by atoms with Crippen molar-refractivity contribution in [3.8, 4) is 0 Å². The van der Waals surface area contributed by atoms with Crippen molar-refractivity contribution in [1.82, 2.24) is 5.32 Å². The van der Waals surface area contributed by atoms with Gasteiger partial charge in [-0.15, -0.1) is 0 Å². The van der Waals surface area contributed by atoms with Crippen LogP contribution in [0.1, 0.15) is 19.3 Å². The predicted molar refractivity (Wildman–Crippen MR) is 55.2 cm³/mol. The van der Waals surface area contributed by atoms with Gasteiger partial charge in [-0.25, -0.2) is 0 Å². The summed E-state index contributed by atoms with van der Waals surface area (Å²) in [6.07, 6.45) is 1.74. The first kappa shape index (κ1) is 12.4. The summed E-state index contributed by atoms with van der Waals surface area (Å²) >= 11 is 0. The Hall–Kier alpha value is -0.625. The summed E-state index contributed by atoms with van der Waals surface area (Å²) in [5.74, 6) is -0.998. The summed E-state index contributed by atoms with van der Waals surface area (Å²) in [5.41, 5.74) is 4.57. The van der Waals surface area contributed by atoms with Gasteiger partial charge in [-0.2, -0.15) is 0 Å². The number of hydrogen-bond donors (Lipinski definition) is 5. The predicted octanol–water partition coefficient (Wildman–Crippen LogP) is -1.62. The summed E-state index contributed by atoms with van der Waals surface area (Å²) in [5, 5.41) is 29.3. The van der Waals surface area contributed by atoms with Crippen LogP contribution in [0, 0.1) is 0 Å². The third kappa shape index (κ3) is 2.91. The molecule has 0 aliphatic carbocycles. The van der Waals surface area contributed by atoms with E-state index in [9.17, 15) is 4.79 Å². The first-order chi connectivity index (χ1) is 6.97. The molecule has 6 nitrogen and oxygen atoms in total. The molecule has 86 valence electrons. The van der Waals surface area contributed by atoms with Crippen molar-refractivity contribution in [2.45, 2.75) is 37.2 Å². The first-order valence-corrected chi connectivity index (χ1v) is 5.08. The Labute approximate surface area is 88.6 Å². The third-order valence-corrected chi connectivity index (χ3v) is 2.90. The van der Waals surface area contributed by atoms with Crippen molar-refractivity contribution < 1.29 is 19.9 Å². The van der Waals surface area contributed by atoms with Crippen LogP contribution >= 0.6 is 0 Å². The molecule has 1 rings (SSSR count). The van der Waals surface area contributed by atoms with Crippen LogP contribution in [0.3, 0.4) is 0 Å². The maximum absolute atomic E-state index is 11.0. The van der Waals surface area contributed by atoms with Gasteiger partial charge in [0.1, 0.15) is 5.54 Å². The van der Waals surface area contributed by atoms with Gasteiger partial charge in [-0.05, 0) is 25.7 Å². The van der Waals surface area contributed by atoms with Crippen LogP contribution in [-0.2, 0) is 4.79 Å². The zero-order valence-corrected chi connectivity index (χ0v) is 8.52. The summed E-state index contributed by atoms with van der Waals surface area (Å²) in [7, 11) is -1.33. The quantitative estimate of drug-likeness (QED) is 0.353. The second-order valence-electron chi connectivity index (χ2n) is 4.01. The van der Waals surface area contributed by atoms with Crippen molar-refractivity contribution in [2.75, 3.05) is 6.54 Å². The Morgan fingerprint density at radius 2 is 2.27 bits per heavy atom. The van der Waals surface area contributed by atoms with Gasteiger partial charge < -0.3 is 26.2 Å². The number of carbonyl (C=O) groups is 1. The Bertz CT molecular complexity index is 239. The van der Waals surface area contributed by atoms with Crippen LogP contribution in [0.2, 0.25) is 6.32 Å². The fourth-order valence-electron chi connectivity index (χ4n) is 1.93. The highest BCUT2D eigenvalue weighted by Gasteiger charge is 2.45. The van der Waals surface area contributed by atoms with E-state index < -0.39 is 18.6 Å². The van der Waals surface area contributed by atoms with Gasteiger partial charge in [0.2, 0.25) is 0 Å². The van der Waals surface area contributed by atoms with Crippen LogP contribution in [0.15, 0.2) is 0 Å². The van der Waals surface area contributed by atoms with Gasteiger partial charge in [0.15, 0.2) is 0 Å². The number of rotatable bonds is 5. The fourth-order valence-corrected chi connectivity index (χ4v) is 1.93. The monoisotopic (exact) mass is 216 g/mol. The van der Waals surface area contributed by atoms with Crippen LogP contribution in [0.25, 0.3) is 0 Å². The lowest BCUT2D eigenvalue weighted by atomic mass is 9.80. The number of hydrogen-bond acceptors (Lipinski definition) is 5. The van der Waals surface area contributed by atoms with Crippen LogP contribution in [-0.4, -0.2) is 46.4 Å². The zero-order chi connectivity index (χ0) is 11.5. The van der Waals surface area contributed by atoms with E-state index >= 15 is 0 Å². The van der Waals surface area contributed by atoms with Gasteiger partial charge >= 0.3 is 13.1 Å². The van der Waals surface area contributed by atoms with Gasteiger partial charge in [0, 0.05) is 6.04 Å². The molecule has 2 atom stereocenters. The summed E-state index contributed by atoms with van der Waals surface area (Å²) < 4.78 is 0. The highest BCUT2D eigenvalue weighted by atomic mass is 16.4. The normalized spacial score (nSPS) is 30.5. The Balaban J connectivity index is 2.43. The molecule has 7 heteroatoms. The van der Waals surface area contributed by atoms with Crippen molar-refractivity contribution in [2.24, 2.45) is 5.73 Å². The molecule has 1 heterocycles. The molecular weight excluding hydrogens is 199 g/mol. The Morgan fingerprint density at radius 1 is 1.60 bits per heavy atom. The molecule has 1 aliphatic rings. The minimum absolute atomic E-state index is 0.244. The van der Waals surface area contributed by atoms with E-state index in [0.717, 1.165) is 0 Å². The van der Waals surface area contributed by atoms with Gasteiger partial charge in [-0.3, -0.25) is 4.79 Å². The van der Waals surface area contributed by atoms with Crippen LogP contribution < -0.4 is 11.1 Å². The van der Waals surface area contributed by atoms with E-state index in [1.54, 1.807) is 0 Å². The molecule has 1 saturated heterocycles. The number of aliphatic carboxylic acids is 1. The summed E-state index contributed by atoms with van der Waals surface area (Å²) in [4.78, 5) is 11.0. The van der Waals surface area contributed by atoms with Gasteiger partial charge in [0.05, 0.1) is 0 Å². The van der Waals surface area contributed by atoms with E-state index in [1.807, 2.05) is 0 Å². The average Bonchev–Trinajstić information content (AvgIpc) is 2.49. The molecule has 0 amide bonds. The average molecular weight is 216 g/mol. The number of carboxylic acids is 1. The van der Waals surface area contributed by atoms with Crippen molar-refractivity contribution >= 4 is 13.1 Å². The van der Waals surface area contributed by atoms with Gasteiger partial charge in [0.25, 0.3) is 0 Å². The van der Waals surface area contributed by atoms with E-state index in [-0.39, 0.29) is 12.4 Å². The molecule has 0 aromatic rings. The molecule has 15 heavy (non-hydrogen) atoms. The molecule has 6 N–H and O–H groups in total. The smallest absolute Gasteiger partial charge is 0.451 e. The highest BCUT2D eigenvalue weighted by Crippen LogP contribution is 2.23. The number of nitrogens with two attached hydrogens (primary N) is 1. The zero-order valence-electron chi connectivity index (χ0n) is 8.52. The molecule has 1 aliphatic heterocycles. The van der Waals surface area contributed by atoms with Crippen molar-refractivity contribution in [1.29, 1.82) is 0 Å². The largest absolute Gasteiger partial charge is 0.480 e. The van der Waals surface area contributed by atoms with Crippen LogP contribution in [0.5, 0.6) is 0 Å². The topological polar surface area (TPSA) is 116 Å². The minimum Gasteiger partial charge on any atom is -0.480 e. The Kier molecular flexibility index (Phi) is 4.09. The lowest BCUT2D eigenvalue weighted by Gasteiger charge is -2.26. The number of carboxylic acid groups (broad SMARTS) is 1. The molecule has 0 spiro atoms. The summed E-state index contributed by atoms with van der Waals surface area (Å²) in [6, 6.07) is -0.284. The molecule has 0 unspecified atom stereocenters. The van der Waals surface area contributed by atoms with E-state index in [1.165, 1.54) is 0 Å². The third-order valence-electron chi connectivity index (χ3n) is 2.90. The molecule has 1 fully saturated rings. The standard InChI is InChI=1S/C8H17BN2O4/c10-8(7(12)13)3-5-11-6(8)2-1-4-9(14)15/h6,11,14-15H,1-5,10H2,(H,12,13)/t6-,8-/m1/s1. The molecule has 0 aromatic carbocycles. The van der Waals surface area contributed by atoms with Crippen molar-refractivity contribution in [3.05, 3.63) is 0 Å². The first-order valence-electron chi connectivity index (χ1n) is 5.08. The molecule has 0 saturated carbocycles. The maximum Gasteiger partial charge on any atom is 0.451 e. The lowest BCUT2D eigenvalue weighted by Crippen LogP contribution is -2.56. The van der Waals surface area contributed by atoms with Gasteiger partial charge in [-0.1, -0.05) is 6.42 Å². The van der Waals surface area contributed by atoms with E-state index in [0.29, 0.717) is 25.8 Å².